The van der Waals surface area contributed by atoms with E-state index in [2.05, 4.69) is 0 Å². The van der Waals surface area contributed by atoms with Crippen molar-refractivity contribution in [1.29, 1.82) is 0 Å². The molecule has 1 aliphatic heterocycles. The molecule has 0 spiro atoms. The van der Waals surface area contributed by atoms with Gasteiger partial charge in [0.25, 0.3) is 0 Å². The van der Waals surface area contributed by atoms with E-state index in [9.17, 15) is 4.79 Å². The van der Waals surface area contributed by atoms with Gasteiger partial charge in [0.1, 0.15) is 6.10 Å². The summed E-state index contributed by atoms with van der Waals surface area (Å²) >= 11 is 0. The second-order valence-electron chi connectivity index (χ2n) is 2.69. The zero-order valence-corrected chi connectivity index (χ0v) is 6.50. The highest BCUT2D eigenvalue weighted by atomic mass is 16.5. The molecule has 0 aromatic rings. The number of hydrogen-bond donors (Lipinski definition) is 1. The monoisotopic (exact) mass is 152 g/mol. The molecule has 1 rings (SSSR count). The van der Waals surface area contributed by atoms with E-state index in [1.54, 1.807) is 13.8 Å². The van der Waals surface area contributed by atoms with Crippen molar-refractivity contribution in [1.82, 2.24) is 0 Å². The van der Waals surface area contributed by atoms with Crippen molar-refractivity contribution in [2.24, 2.45) is 5.92 Å². The van der Waals surface area contributed by atoms with Crippen LogP contribution in [0, 0.1) is 5.92 Å². The Morgan fingerprint density at radius 1 is 1.55 bits per heavy atom. The second-order valence-corrected chi connectivity index (χ2v) is 2.69. The van der Waals surface area contributed by atoms with Gasteiger partial charge in [-0.25, -0.2) is 0 Å². The minimum Gasteiger partial charge on any atom is -0.503 e. The van der Waals surface area contributed by atoms with Crippen LogP contribution in [0.5, 0.6) is 0 Å². The number of Topliss-reactive ketones (excluding diaryl/α,β-unsaturated/α-hetero) is 1. The standard InChI is InChI=1S/C7H9BO3/c1-3-4(2)11-7(8)6(10)5(3)9/h3-4,10H,1-2H3. The Labute approximate surface area is 66.5 Å². The quantitative estimate of drug-likeness (QED) is 0.514. The normalized spacial score (nSPS) is 32.0. The lowest BCUT2D eigenvalue weighted by molar-refractivity contribution is -0.127. The van der Waals surface area contributed by atoms with Crippen LogP contribution in [0.25, 0.3) is 0 Å². The van der Waals surface area contributed by atoms with Crippen LogP contribution in [0.15, 0.2) is 11.4 Å². The Kier molecular flexibility index (Phi) is 1.93. The molecule has 4 heteroatoms. The summed E-state index contributed by atoms with van der Waals surface area (Å²) in [5, 5.41) is 9.01. The Morgan fingerprint density at radius 2 is 2.09 bits per heavy atom. The molecule has 0 fully saturated rings. The van der Waals surface area contributed by atoms with E-state index in [0.717, 1.165) is 0 Å². The number of ketones is 1. The van der Waals surface area contributed by atoms with Gasteiger partial charge in [0.15, 0.2) is 13.6 Å². The number of allylic oxidation sites excluding steroid dienone is 1. The van der Waals surface area contributed by atoms with Crippen LogP contribution >= 0.6 is 0 Å². The lowest BCUT2D eigenvalue weighted by Gasteiger charge is -2.26. The zero-order valence-electron chi connectivity index (χ0n) is 6.50. The lowest BCUT2D eigenvalue weighted by Crippen LogP contribution is -2.32. The number of carbonyl (C=O) groups is 1. The van der Waals surface area contributed by atoms with Crippen LogP contribution in [0.2, 0.25) is 0 Å². The summed E-state index contributed by atoms with van der Waals surface area (Å²) in [4.78, 5) is 11.1. The molecule has 0 aromatic heterocycles. The first-order valence-corrected chi connectivity index (χ1v) is 3.43. The number of hydrogen-bond acceptors (Lipinski definition) is 3. The molecular formula is C7H9BO3. The molecule has 0 saturated heterocycles. The highest BCUT2D eigenvalue weighted by molar-refractivity contribution is 6.23. The summed E-state index contributed by atoms with van der Waals surface area (Å²) < 4.78 is 4.97. The van der Waals surface area contributed by atoms with Crippen LogP contribution in [0.3, 0.4) is 0 Å². The molecule has 11 heavy (non-hydrogen) atoms. The Bertz CT molecular complexity index is 222. The van der Waals surface area contributed by atoms with Crippen LogP contribution < -0.4 is 0 Å². The van der Waals surface area contributed by atoms with Crippen LogP contribution in [0.1, 0.15) is 13.8 Å². The minimum absolute atomic E-state index is 0.166. The molecule has 0 saturated carbocycles. The molecule has 2 atom stereocenters. The Hall–Kier alpha value is -0.925. The average molecular weight is 152 g/mol. The number of carbonyl (C=O) groups excluding carboxylic acids is 1. The molecule has 0 aromatic carbocycles. The summed E-state index contributed by atoms with van der Waals surface area (Å²) in [6.07, 6.45) is -0.251. The van der Waals surface area contributed by atoms with Crippen molar-refractivity contribution in [3.63, 3.8) is 0 Å². The summed E-state index contributed by atoms with van der Waals surface area (Å²) in [7, 11) is 5.21. The van der Waals surface area contributed by atoms with Gasteiger partial charge in [-0.1, -0.05) is 6.92 Å². The number of rotatable bonds is 0. The lowest BCUT2D eigenvalue weighted by atomic mass is 9.91. The fourth-order valence-corrected chi connectivity index (χ4v) is 0.908. The predicted molar refractivity (Wildman–Crippen MR) is 40.1 cm³/mol. The van der Waals surface area contributed by atoms with Crippen LogP contribution in [-0.2, 0) is 9.53 Å². The molecule has 0 bridgehead atoms. The maximum atomic E-state index is 11.1. The highest BCUT2D eigenvalue weighted by Crippen LogP contribution is 2.21. The Balaban J connectivity index is 2.95. The largest absolute Gasteiger partial charge is 0.503 e. The topological polar surface area (TPSA) is 46.5 Å². The van der Waals surface area contributed by atoms with Gasteiger partial charge in [0, 0.05) is 0 Å². The minimum atomic E-state index is -0.449. The van der Waals surface area contributed by atoms with Crippen molar-refractivity contribution >= 4 is 13.6 Å². The van der Waals surface area contributed by atoms with Crippen molar-refractivity contribution in [3.8, 4) is 0 Å². The van der Waals surface area contributed by atoms with Crippen LogP contribution in [0.4, 0.5) is 0 Å². The first-order chi connectivity index (χ1) is 5.04. The van der Waals surface area contributed by atoms with Crippen molar-refractivity contribution in [2.45, 2.75) is 20.0 Å². The molecule has 0 aliphatic carbocycles. The number of ether oxygens (including phenoxy) is 1. The van der Waals surface area contributed by atoms with Gasteiger partial charge in [0.2, 0.25) is 5.78 Å². The molecule has 0 amide bonds. The SMILES string of the molecule is [B]C1=C(O)C(=O)C(C)C(C)O1. The summed E-state index contributed by atoms with van der Waals surface area (Å²) in [5.74, 6) is -1.11. The molecular weight excluding hydrogens is 143 g/mol. The Morgan fingerprint density at radius 3 is 2.64 bits per heavy atom. The first kappa shape index (κ1) is 8.17. The molecule has 3 nitrogen and oxygen atoms in total. The van der Waals surface area contributed by atoms with E-state index in [1.165, 1.54) is 0 Å². The third-order valence-corrected chi connectivity index (χ3v) is 1.90. The van der Waals surface area contributed by atoms with Gasteiger partial charge in [-0.15, -0.1) is 0 Å². The average Bonchev–Trinajstić information content (AvgIpc) is 1.97. The third-order valence-electron chi connectivity index (χ3n) is 1.90. The van der Waals surface area contributed by atoms with E-state index in [-0.39, 0.29) is 23.5 Å². The summed E-state index contributed by atoms with van der Waals surface area (Å²) in [5.41, 5.74) is -0.166. The molecule has 1 aliphatic rings. The third kappa shape index (κ3) is 1.25. The van der Waals surface area contributed by atoms with Gasteiger partial charge in [-0.2, -0.15) is 0 Å². The molecule has 1 heterocycles. The highest BCUT2D eigenvalue weighted by Gasteiger charge is 2.30. The van der Waals surface area contributed by atoms with E-state index in [4.69, 9.17) is 17.7 Å². The fraction of sp³-hybridized carbons (Fsp3) is 0.571. The second kappa shape index (κ2) is 2.60. The van der Waals surface area contributed by atoms with E-state index in [0.29, 0.717) is 0 Å². The maximum absolute atomic E-state index is 11.1. The molecule has 2 unspecified atom stereocenters. The van der Waals surface area contributed by atoms with Crippen molar-refractivity contribution < 1.29 is 14.6 Å². The molecule has 1 N–H and O–H groups in total. The van der Waals surface area contributed by atoms with Crippen LogP contribution in [-0.4, -0.2) is 24.8 Å². The number of aliphatic hydroxyl groups is 1. The predicted octanol–water partition coefficient (Wildman–Crippen LogP) is 0.506. The summed E-state index contributed by atoms with van der Waals surface area (Å²) in [6.45, 7) is 3.43. The van der Waals surface area contributed by atoms with E-state index < -0.39 is 5.76 Å². The molecule has 58 valence electrons. The maximum Gasteiger partial charge on any atom is 0.206 e. The van der Waals surface area contributed by atoms with E-state index >= 15 is 0 Å². The fourth-order valence-electron chi connectivity index (χ4n) is 0.908. The number of aliphatic hydroxyl groups excluding tert-OH is 1. The van der Waals surface area contributed by atoms with Crippen molar-refractivity contribution in [2.75, 3.05) is 0 Å². The van der Waals surface area contributed by atoms with Gasteiger partial charge in [-0.3, -0.25) is 4.79 Å². The zero-order chi connectivity index (χ0) is 8.59. The first-order valence-electron chi connectivity index (χ1n) is 3.43. The smallest absolute Gasteiger partial charge is 0.206 e. The van der Waals surface area contributed by atoms with E-state index in [1.807, 2.05) is 0 Å². The van der Waals surface area contributed by atoms with Crippen molar-refractivity contribution in [3.05, 3.63) is 11.4 Å². The molecule has 2 radical (unpaired) electrons. The summed E-state index contributed by atoms with van der Waals surface area (Å²) in [6, 6.07) is 0. The van der Waals surface area contributed by atoms with Gasteiger partial charge >= 0.3 is 0 Å². The van der Waals surface area contributed by atoms with Gasteiger partial charge in [-0.05, 0) is 6.92 Å². The van der Waals surface area contributed by atoms with Gasteiger partial charge in [0.05, 0.1) is 11.6 Å². The van der Waals surface area contributed by atoms with Gasteiger partial charge < -0.3 is 9.84 Å².